The van der Waals surface area contributed by atoms with Crippen molar-refractivity contribution in [2.45, 2.75) is 6.42 Å². The maximum atomic E-state index is 12.4. The predicted octanol–water partition coefficient (Wildman–Crippen LogP) is 0.537. The Kier molecular flexibility index (Phi) is 6.69. The van der Waals surface area contributed by atoms with Crippen LogP contribution in [0, 0.1) is 5.82 Å². The first-order valence-electron chi connectivity index (χ1n) is 4.03. The summed E-state index contributed by atoms with van der Waals surface area (Å²) >= 11 is 0. The third kappa shape index (κ3) is 7.63. The number of halogens is 1. The van der Waals surface area contributed by atoms with Gasteiger partial charge in [-0.1, -0.05) is 12.1 Å². The monoisotopic (exact) mass is 248 g/mol. The van der Waals surface area contributed by atoms with Gasteiger partial charge in [0.05, 0.1) is 13.5 Å². The van der Waals surface area contributed by atoms with Crippen LogP contribution in [-0.4, -0.2) is 25.7 Å². The van der Waals surface area contributed by atoms with Crippen molar-refractivity contribution >= 4 is 16.6 Å². The molecule has 1 rings (SSSR count). The van der Waals surface area contributed by atoms with E-state index in [1.165, 1.54) is 19.2 Å². The number of methoxy groups -OCH3 is 1. The summed E-state index contributed by atoms with van der Waals surface area (Å²) in [6.07, 6.45) is 0.191. The van der Waals surface area contributed by atoms with Crippen molar-refractivity contribution in [3.8, 4) is 0 Å². The van der Waals surface area contributed by atoms with Gasteiger partial charge >= 0.3 is 16.6 Å². The molecular weight excluding hydrogens is 239 g/mol. The lowest BCUT2D eigenvalue weighted by atomic mass is 10.1. The van der Waals surface area contributed by atoms with E-state index in [9.17, 15) is 9.18 Å². The maximum Gasteiger partial charge on any atom is 0.425 e. The van der Waals surface area contributed by atoms with Crippen molar-refractivity contribution in [2.75, 3.05) is 7.11 Å². The Bertz CT molecular complexity index is 430. The lowest BCUT2D eigenvalue weighted by Gasteiger charge is -1.98. The smallest absolute Gasteiger partial charge is 0.425 e. The van der Waals surface area contributed by atoms with E-state index in [2.05, 4.69) is 4.74 Å². The summed E-state index contributed by atoms with van der Waals surface area (Å²) < 4.78 is 42.2. The molecule has 0 bridgehead atoms. The molecule has 1 aromatic carbocycles. The fourth-order valence-electron chi connectivity index (χ4n) is 0.841. The average molecular weight is 248 g/mol. The van der Waals surface area contributed by atoms with Crippen LogP contribution in [-0.2, 0) is 26.6 Å². The normalized spacial score (nSPS) is 8.62. The lowest BCUT2D eigenvalue weighted by molar-refractivity contribution is -0.139. The minimum absolute atomic E-state index is 0.191. The topological polar surface area (TPSA) is 77.5 Å². The van der Waals surface area contributed by atoms with Crippen molar-refractivity contribution in [2.24, 2.45) is 0 Å². The van der Waals surface area contributed by atoms with E-state index in [4.69, 9.17) is 12.6 Å². The van der Waals surface area contributed by atoms with E-state index in [1.54, 1.807) is 12.1 Å². The highest BCUT2D eigenvalue weighted by Gasteiger charge is 2.01. The second-order valence-electron chi connectivity index (χ2n) is 2.58. The third-order valence-corrected chi connectivity index (χ3v) is 1.49. The quantitative estimate of drug-likeness (QED) is 0.714. The van der Waals surface area contributed by atoms with E-state index in [-0.39, 0.29) is 18.2 Å². The number of benzene rings is 1. The summed E-state index contributed by atoms with van der Waals surface area (Å²) in [6.45, 7) is 0. The zero-order valence-electron chi connectivity index (χ0n) is 8.34. The van der Waals surface area contributed by atoms with Gasteiger partial charge in [0.15, 0.2) is 0 Å². The molecule has 0 aliphatic heterocycles. The van der Waals surface area contributed by atoms with E-state index in [0.717, 1.165) is 5.56 Å². The summed E-state index contributed by atoms with van der Waals surface area (Å²) in [6, 6.07) is 5.76. The predicted molar refractivity (Wildman–Crippen MR) is 51.8 cm³/mol. The third-order valence-electron chi connectivity index (χ3n) is 1.49. The number of carbonyl (C=O) groups excluding carboxylic acids is 1. The molecule has 0 atom stereocenters. The van der Waals surface area contributed by atoms with Crippen molar-refractivity contribution in [3.05, 3.63) is 35.6 Å². The van der Waals surface area contributed by atoms with Gasteiger partial charge < -0.3 is 4.74 Å². The molecule has 0 fully saturated rings. The van der Waals surface area contributed by atoms with E-state index in [0.29, 0.717) is 0 Å². The fourth-order valence-corrected chi connectivity index (χ4v) is 0.841. The van der Waals surface area contributed by atoms with Crippen LogP contribution >= 0.6 is 0 Å². The number of ether oxygens (including phenoxy) is 1. The maximum absolute atomic E-state index is 12.4. The van der Waals surface area contributed by atoms with Crippen LogP contribution < -0.4 is 0 Å². The molecule has 88 valence electrons. The molecule has 1 aromatic rings. The highest BCUT2D eigenvalue weighted by Crippen LogP contribution is 2.03. The Labute approximate surface area is 92.9 Å². The van der Waals surface area contributed by atoms with Crippen LogP contribution in [0.3, 0.4) is 0 Å². The second-order valence-corrected chi connectivity index (χ2v) is 2.99. The Morgan fingerprint density at radius 1 is 1.25 bits per heavy atom. The molecule has 0 N–H and O–H groups in total. The number of hydrogen-bond donors (Lipinski definition) is 0. The van der Waals surface area contributed by atoms with Crippen LogP contribution in [0.15, 0.2) is 24.3 Å². The molecule has 0 aliphatic rings. The van der Waals surface area contributed by atoms with Crippen LogP contribution in [0.1, 0.15) is 5.56 Å². The molecule has 7 heteroatoms. The van der Waals surface area contributed by atoms with Gasteiger partial charge in [0, 0.05) is 0 Å². The molecule has 0 radical (unpaired) electrons. The molecule has 0 saturated carbocycles. The first-order valence-corrected chi connectivity index (χ1v) is 5.03. The largest absolute Gasteiger partial charge is 0.469 e. The molecule has 0 saturated heterocycles. The molecular formula is C9H9FO5S. The Balaban J connectivity index is 0.000000487. The molecule has 0 unspecified atom stereocenters. The number of carbonyl (C=O) groups is 1. The lowest BCUT2D eigenvalue weighted by Crippen LogP contribution is -2.04. The summed E-state index contributed by atoms with van der Waals surface area (Å²) in [4.78, 5) is 10.8. The zero-order chi connectivity index (χ0) is 12.6. The molecule has 16 heavy (non-hydrogen) atoms. The van der Waals surface area contributed by atoms with Crippen molar-refractivity contribution in [1.29, 1.82) is 0 Å². The average Bonchev–Trinajstić information content (AvgIpc) is 2.20. The van der Waals surface area contributed by atoms with E-state index >= 15 is 0 Å². The summed E-state index contributed by atoms with van der Waals surface area (Å²) in [5.41, 5.74) is 0.753. The van der Waals surface area contributed by atoms with Gasteiger partial charge in [0.25, 0.3) is 0 Å². The summed E-state index contributed by atoms with van der Waals surface area (Å²) in [5.74, 6) is -0.620. The van der Waals surface area contributed by atoms with Crippen LogP contribution in [0.4, 0.5) is 4.39 Å². The minimum atomic E-state index is -3.11. The Hall–Kier alpha value is -1.76. The second kappa shape index (κ2) is 7.52. The Morgan fingerprint density at radius 2 is 1.69 bits per heavy atom. The highest BCUT2D eigenvalue weighted by molar-refractivity contribution is 7.59. The number of esters is 1. The van der Waals surface area contributed by atoms with Gasteiger partial charge in [-0.2, -0.15) is 0 Å². The standard InChI is InChI=1S/C9H9FO2.O3S/c1-12-9(11)6-7-2-4-8(10)5-3-7;1-4(2)3/h2-5H,6H2,1H3;. The molecule has 0 spiro atoms. The van der Waals surface area contributed by atoms with Gasteiger partial charge in [0.1, 0.15) is 5.82 Å². The van der Waals surface area contributed by atoms with E-state index in [1.807, 2.05) is 0 Å². The summed E-state index contributed by atoms with van der Waals surface area (Å²) in [7, 11) is -1.79. The van der Waals surface area contributed by atoms with E-state index < -0.39 is 10.6 Å². The van der Waals surface area contributed by atoms with Crippen molar-refractivity contribution in [1.82, 2.24) is 0 Å². The first kappa shape index (κ1) is 14.2. The number of hydrogen-bond acceptors (Lipinski definition) is 5. The SMILES string of the molecule is COC(=O)Cc1ccc(F)cc1.O=S(=O)=O. The van der Waals surface area contributed by atoms with Crippen molar-refractivity contribution in [3.63, 3.8) is 0 Å². The van der Waals surface area contributed by atoms with Crippen LogP contribution in [0.25, 0.3) is 0 Å². The van der Waals surface area contributed by atoms with Gasteiger partial charge in [-0.05, 0) is 17.7 Å². The molecule has 5 nitrogen and oxygen atoms in total. The molecule has 0 aliphatic carbocycles. The van der Waals surface area contributed by atoms with Crippen molar-refractivity contribution < 1.29 is 26.5 Å². The van der Waals surface area contributed by atoms with Gasteiger partial charge in [-0.25, -0.2) is 4.39 Å². The molecule has 0 amide bonds. The minimum Gasteiger partial charge on any atom is -0.469 e. The molecule has 0 aromatic heterocycles. The Morgan fingerprint density at radius 3 is 2.06 bits per heavy atom. The fraction of sp³-hybridized carbons (Fsp3) is 0.222. The van der Waals surface area contributed by atoms with Gasteiger partial charge in [-0.15, -0.1) is 12.6 Å². The molecule has 0 heterocycles. The van der Waals surface area contributed by atoms with Crippen LogP contribution in [0.2, 0.25) is 0 Å². The van der Waals surface area contributed by atoms with Crippen LogP contribution in [0.5, 0.6) is 0 Å². The zero-order valence-corrected chi connectivity index (χ0v) is 9.16. The highest BCUT2D eigenvalue weighted by atomic mass is 32.2. The summed E-state index contributed by atoms with van der Waals surface area (Å²) in [5, 5.41) is 0. The number of rotatable bonds is 2. The first-order chi connectivity index (χ1) is 7.45. The van der Waals surface area contributed by atoms with Gasteiger partial charge in [0.2, 0.25) is 0 Å². The van der Waals surface area contributed by atoms with Gasteiger partial charge in [-0.3, -0.25) is 4.79 Å².